The first-order valence-electron chi connectivity index (χ1n) is 9.20. The Labute approximate surface area is 165 Å². The van der Waals surface area contributed by atoms with Gasteiger partial charge in [0, 0.05) is 6.42 Å². The molecular formula is C22H26O6. The molecule has 28 heavy (non-hydrogen) atoms. The van der Waals surface area contributed by atoms with Crippen LogP contribution in [0.3, 0.4) is 0 Å². The summed E-state index contributed by atoms with van der Waals surface area (Å²) in [6.07, 6.45) is 1.80. The van der Waals surface area contributed by atoms with E-state index in [1.165, 1.54) is 0 Å². The lowest BCUT2D eigenvalue weighted by Gasteiger charge is -2.12. The lowest BCUT2D eigenvalue weighted by molar-refractivity contribution is -0.144. The third-order valence-corrected chi connectivity index (χ3v) is 5.00. The van der Waals surface area contributed by atoms with Gasteiger partial charge in [0.1, 0.15) is 6.10 Å². The number of hydrogen-bond acceptors (Lipinski definition) is 6. The van der Waals surface area contributed by atoms with Crippen LogP contribution in [0, 0.1) is 5.92 Å². The molecule has 0 aliphatic carbocycles. The zero-order valence-corrected chi connectivity index (χ0v) is 16.7. The van der Waals surface area contributed by atoms with Gasteiger partial charge in [-0.05, 0) is 48.2 Å². The van der Waals surface area contributed by atoms with Gasteiger partial charge < -0.3 is 23.7 Å². The van der Waals surface area contributed by atoms with Gasteiger partial charge in [0.05, 0.1) is 34.4 Å². The molecule has 2 aromatic carbocycles. The topological polar surface area (TPSA) is 63.2 Å². The average molecular weight is 386 g/mol. The minimum atomic E-state index is -0.164. The van der Waals surface area contributed by atoms with E-state index in [0.29, 0.717) is 42.3 Å². The predicted molar refractivity (Wildman–Crippen MR) is 104 cm³/mol. The Morgan fingerprint density at radius 2 is 1.29 bits per heavy atom. The van der Waals surface area contributed by atoms with Gasteiger partial charge in [-0.2, -0.15) is 0 Å². The summed E-state index contributed by atoms with van der Waals surface area (Å²) in [5, 5.41) is 0. The zero-order chi connectivity index (χ0) is 20.1. The third kappa shape index (κ3) is 4.32. The Morgan fingerprint density at radius 3 is 1.79 bits per heavy atom. The highest BCUT2D eigenvalue weighted by Crippen LogP contribution is 2.33. The quantitative estimate of drug-likeness (QED) is 0.648. The van der Waals surface area contributed by atoms with Gasteiger partial charge in [0.15, 0.2) is 23.0 Å². The van der Waals surface area contributed by atoms with Crippen molar-refractivity contribution in [1.82, 2.24) is 0 Å². The fraction of sp³-hybridized carbons (Fsp3) is 0.409. The molecular weight excluding hydrogens is 360 g/mol. The molecule has 1 heterocycles. The standard InChI is InChI=1S/C22H26O6/c1-24-18-7-5-14(11-20(18)26-3)9-16-13-17(28-22(16)23)10-15-6-8-19(25-2)21(12-15)27-4/h5-8,11-12,16-17H,9-10,13H2,1-4H3/t16-,17-/m1/s1. The maximum Gasteiger partial charge on any atom is 0.309 e. The van der Waals surface area contributed by atoms with Crippen molar-refractivity contribution in [3.63, 3.8) is 0 Å². The molecule has 0 spiro atoms. The summed E-state index contributed by atoms with van der Waals surface area (Å²) in [5.41, 5.74) is 2.06. The lowest BCUT2D eigenvalue weighted by Crippen LogP contribution is -2.10. The van der Waals surface area contributed by atoms with Crippen molar-refractivity contribution in [2.75, 3.05) is 28.4 Å². The largest absolute Gasteiger partial charge is 0.493 e. The number of carbonyl (C=O) groups is 1. The highest BCUT2D eigenvalue weighted by molar-refractivity contribution is 5.75. The molecule has 6 nitrogen and oxygen atoms in total. The number of ether oxygens (including phenoxy) is 5. The third-order valence-electron chi connectivity index (χ3n) is 5.00. The van der Waals surface area contributed by atoms with Crippen LogP contribution in [0.4, 0.5) is 0 Å². The van der Waals surface area contributed by atoms with Crippen molar-refractivity contribution < 1.29 is 28.5 Å². The van der Waals surface area contributed by atoms with Gasteiger partial charge >= 0.3 is 5.97 Å². The number of benzene rings is 2. The van der Waals surface area contributed by atoms with E-state index in [-0.39, 0.29) is 18.0 Å². The number of esters is 1. The Morgan fingerprint density at radius 1 is 0.786 bits per heavy atom. The minimum Gasteiger partial charge on any atom is -0.493 e. The van der Waals surface area contributed by atoms with Crippen molar-refractivity contribution in [2.45, 2.75) is 25.4 Å². The first-order valence-corrected chi connectivity index (χ1v) is 9.20. The maximum atomic E-state index is 12.4. The summed E-state index contributed by atoms with van der Waals surface area (Å²) in [7, 11) is 6.42. The molecule has 2 atom stereocenters. The number of cyclic esters (lactones) is 1. The molecule has 0 bridgehead atoms. The predicted octanol–water partition coefficient (Wildman–Crippen LogP) is 3.44. The molecule has 0 amide bonds. The summed E-state index contributed by atoms with van der Waals surface area (Å²) in [5.74, 6) is 2.37. The SMILES string of the molecule is COc1ccc(C[C@@H]2C[C@@H](Cc3ccc(OC)c(OC)c3)C(=O)O2)cc1OC. The molecule has 150 valence electrons. The second-order valence-electron chi connectivity index (χ2n) is 6.78. The molecule has 1 fully saturated rings. The summed E-state index contributed by atoms with van der Waals surface area (Å²) in [4.78, 5) is 12.4. The highest BCUT2D eigenvalue weighted by Gasteiger charge is 2.34. The second-order valence-corrected chi connectivity index (χ2v) is 6.78. The number of rotatable bonds is 8. The van der Waals surface area contributed by atoms with Crippen LogP contribution in [-0.4, -0.2) is 40.5 Å². The van der Waals surface area contributed by atoms with Crippen molar-refractivity contribution in [1.29, 1.82) is 0 Å². The average Bonchev–Trinajstić information content (AvgIpc) is 3.06. The van der Waals surface area contributed by atoms with E-state index in [1.54, 1.807) is 28.4 Å². The van der Waals surface area contributed by atoms with Gasteiger partial charge in [-0.25, -0.2) is 0 Å². The van der Waals surface area contributed by atoms with Crippen LogP contribution in [0.2, 0.25) is 0 Å². The van der Waals surface area contributed by atoms with Gasteiger partial charge in [-0.3, -0.25) is 4.79 Å². The number of carbonyl (C=O) groups excluding carboxylic acids is 1. The Hall–Kier alpha value is -2.89. The zero-order valence-electron chi connectivity index (χ0n) is 16.7. The van der Waals surface area contributed by atoms with Crippen LogP contribution in [0.5, 0.6) is 23.0 Å². The molecule has 1 aliphatic heterocycles. The molecule has 6 heteroatoms. The molecule has 0 saturated carbocycles. The van der Waals surface area contributed by atoms with Crippen molar-refractivity contribution >= 4 is 5.97 Å². The number of methoxy groups -OCH3 is 4. The van der Waals surface area contributed by atoms with Crippen molar-refractivity contribution in [2.24, 2.45) is 5.92 Å². The second kappa shape index (κ2) is 8.87. The van der Waals surface area contributed by atoms with Crippen LogP contribution in [0.25, 0.3) is 0 Å². The Kier molecular flexibility index (Phi) is 6.29. The highest BCUT2D eigenvalue weighted by atomic mass is 16.6. The molecule has 3 rings (SSSR count). The van der Waals surface area contributed by atoms with Crippen molar-refractivity contribution in [3.05, 3.63) is 47.5 Å². The molecule has 1 aliphatic rings. The van der Waals surface area contributed by atoms with E-state index < -0.39 is 0 Å². The minimum absolute atomic E-state index is 0.143. The van der Waals surface area contributed by atoms with Crippen LogP contribution in [0.15, 0.2) is 36.4 Å². The van der Waals surface area contributed by atoms with Gasteiger partial charge in [-0.15, -0.1) is 0 Å². The number of hydrogen-bond donors (Lipinski definition) is 0. The molecule has 1 saturated heterocycles. The lowest BCUT2D eigenvalue weighted by atomic mass is 9.94. The van der Waals surface area contributed by atoms with Crippen LogP contribution in [0.1, 0.15) is 17.5 Å². The molecule has 0 aromatic heterocycles. The van der Waals surface area contributed by atoms with E-state index in [2.05, 4.69) is 0 Å². The first kappa shape index (κ1) is 19.9. The smallest absolute Gasteiger partial charge is 0.309 e. The monoisotopic (exact) mass is 386 g/mol. The molecule has 0 unspecified atom stereocenters. The summed E-state index contributed by atoms with van der Waals surface area (Å²) in [6.45, 7) is 0. The van der Waals surface area contributed by atoms with E-state index in [1.807, 2.05) is 36.4 Å². The Balaban J connectivity index is 1.65. The normalized spacial score (nSPS) is 18.5. The first-order chi connectivity index (χ1) is 13.6. The van der Waals surface area contributed by atoms with E-state index in [0.717, 1.165) is 11.1 Å². The summed E-state index contributed by atoms with van der Waals surface area (Å²) < 4.78 is 26.8. The van der Waals surface area contributed by atoms with E-state index in [9.17, 15) is 4.79 Å². The van der Waals surface area contributed by atoms with Crippen LogP contribution >= 0.6 is 0 Å². The summed E-state index contributed by atoms with van der Waals surface area (Å²) >= 11 is 0. The summed E-state index contributed by atoms with van der Waals surface area (Å²) in [6, 6.07) is 11.5. The van der Waals surface area contributed by atoms with Crippen LogP contribution in [-0.2, 0) is 22.4 Å². The van der Waals surface area contributed by atoms with Gasteiger partial charge in [-0.1, -0.05) is 12.1 Å². The molecule has 0 N–H and O–H groups in total. The fourth-order valence-corrected chi connectivity index (χ4v) is 3.58. The maximum absolute atomic E-state index is 12.4. The Bertz CT molecular complexity index is 832. The van der Waals surface area contributed by atoms with Crippen LogP contribution < -0.4 is 18.9 Å². The van der Waals surface area contributed by atoms with Crippen molar-refractivity contribution in [3.8, 4) is 23.0 Å². The van der Waals surface area contributed by atoms with E-state index in [4.69, 9.17) is 23.7 Å². The molecule has 0 radical (unpaired) electrons. The van der Waals surface area contributed by atoms with E-state index >= 15 is 0 Å². The van der Waals surface area contributed by atoms with Gasteiger partial charge in [0.25, 0.3) is 0 Å². The molecule has 2 aromatic rings. The fourth-order valence-electron chi connectivity index (χ4n) is 3.58. The van der Waals surface area contributed by atoms with Gasteiger partial charge in [0.2, 0.25) is 0 Å².